The molecule has 5 aromatic carbocycles. The number of aliphatic carboxylic acids is 3. The lowest BCUT2D eigenvalue weighted by Crippen LogP contribution is -2.42. The van der Waals surface area contributed by atoms with Crippen LogP contribution in [0.25, 0.3) is 66.1 Å². The van der Waals surface area contributed by atoms with E-state index in [1.165, 1.54) is 11.3 Å². The van der Waals surface area contributed by atoms with Crippen molar-refractivity contribution in [2.24, 2.45) is 11.5 Å². The monoisotopic (exact) mass is 1220 g/mol. The number of ether oxygens (including phenoxy) is 1. The predicted molar refractivity (Wildman–Crippen MR) is 327 cm³/mol. The maximum absolute atomic E-state index is 12.7. The minimum absolute atomic E-state index is 0.0921. The highest BCUT2D eigenvalue weighted by Gasteiger charge is 2.30. The molecule has 0 fully saturated rings. The zero-order valence-electron chi connectivity index (χ0n) is 43.4. The molecule has 3 atom stereocenters. The second-order valence-electron chi connectivity index (χ2n) is 19.0. The first-order valence-corrected chi connectivity index (χ1v) is 29.1. The summed E-state index contributed by atoms with van der Waals surface area (Å²) in [6.07, 6.45) is 5.51. The van der Waals surface area contributed by atoms with E-state index in [0.29, 0.717) is 18.3 Å². The summed E-state index contributed by atoms with van der Waals surface area (Å²) in [6, 6.07) is 36.9. The number of benzene rings is 5. The van der Waals surface area contributed by atoms with Gasteiger partial charge in [-0.3, -0.25) is 19.7 Å². The van der Waals surface area contributed by atoms with Crippen molar-refractivity contribution >= 4 is 119 Å². The SMILES string of the molecule is NC(Cc1c[nH]c2c(-c3ccsc3)cccc12)C(=O)O.NC(Cc1c[nH]c2c(Br)cccc12)C(=O)O.O=C(NC(Cc1c[nH]c2c(-c3ccsc3)cccc12)C(=O)O)OCC1c2ccccc2-c2ccccc21.OOB(O)c1ccsc1. The van der Waals surface area contributed by atoms with Crippen LogP contribution in [0.5, 0.6) is 0 Å². The van der Waals surface area contributed by atoms with Crippen LogP contribution in [-0.4, -0.2) is 96.4 Å². The molecule has 12 rings (SSSR count). The Morgan fingerprint density at radius 3 is 1.49 bits per heavy atom. The summed E-state index contributed by atoms with van der Waals surface area (Å²) < 4.78 is 6.53. The summed E-state index contributed by atoms with van der Waals surface area (Å²) in [5.74, 6) is -3.17. The number of amides is 1. The van der Waals surface area contributed by atoms with E-state index in [2.05, 4.69) is 82.1 Å². The van der Waals surface area contributed by atoms with Gasteiger partial charge in [0.1, 0.15) is 24.7 Å². The van der Waals surface area contributed by atoms with Crippen LogP contribution < -0.4 is 22.2 Å². The highest BCUT2D eigenvalue weighted by molar-refractivity contribution is 9.10. The highest BCUT2D eigenvalue weighted by atomic mass is 79.9. The minimum Gasteiger partial charge on any atom is -0.480 e. The number of fused-ring (bicyclic) bond motifs is 6. The molecule has 6 aromatic heterocycles. The van der Waals surface area contributed by atoms with E-state index in [-0.39, 0.29) is 18.9 Å². The van der Waals surface area contributed by atoms with E-state index in [0.717, 1.165) is 98.4 Å². The van der Waals surface area contributed by atoms with E-state index in [4.69, 9.17) is 36.7 Å². The zero-order chi connectivity index (χ0) is 57.9. The number of nitrogens with one attached hydrogen (secondary N) is 4. The van der Waals surface area contributed by atoms with Crippen molar-refractivity contribution < 1.29 is 54.3 Å². The normalized spacial score (nSPS) is 12.6. The molecule has 82 heavy (non-hydrogen) atoms. The predicted octanol–water partition coefficient (Wildman–Crippen LogP) is 11.1. The molecular formula is C60H54BBrN6O11S3. The Kier molecular flexibility index (Phi) is 19.3. The van der Waals surface area contributed by atoms with Crippen LogP contribution in [0, 0.1) is 0 Å². The number of thiophene rings is 3. The van der Waals surface area contributed by atoms with Crippen LogP contribution in [0.2, 0.25) is 0 Å². The lowest BCUT2D eigenvalue weighted by molar-refractivity contribution is -0.154. The molecule has 0 bridgehead atoms. The molecule has 1 aliphatic rings. The molecule has 0 saturated carbocycles. The van der Waals surface area contributed by atoms with Crippen LogP contribution in [-0.2, 0) is 43.2 Å². The molecule has 17 nitrogen and oxygen atoms in total. The van der Waals surface area contributed by atoms with Gasteiger partial charge in [0, 0.05) is 75.5 Å². The number of aromatic nitrogens is 3. The van der Waals surface area contributed by atoms with Crippen molar-refractivity contribution in [2.75, 3.05) is 6.61 Å². The molecule has 0 spiro atoms. The first kappa shape index (κ1) is 58.5. The maximum atomic E-state index is 12.7. The van der Waals surface area contributed by atoms with Crippen molar-refractivity contribution in [1.29, 1.82) is 0 Å². The van der Waals surface area contributed by atoms with Crippen molar-refractivity contribution in [3.8, 4) is 33.4 Å². The van der Waals surface area contributed by atoms with Gasteiger partial charge in [0.15, 0.2) is 0 Å². The minimum atomic E-state index is -1.20. The summed E-state index contributed by atoms with van der Waals surface area (Å²) in [4.78, 5) is 59.7. The van der Waals surface area contributed by atoms with E-state index in [1.807, 2.05) is 108 Å². The first-order chi connectivity index (χ1) is 39.7. The fourth-order valence-electron chi connectivity index (χ4n) is 9.75. The van der Waals surface area contributed by atoms with Crippen molar-refractivity contribution in [1.82, 2.24) is 20.3 Å². The van der Waals surface area contributed by atoms with Gasteiger partial charge in [-0.05, 0) is 122 Å². The summed E-state index contributed by atoms with van der Waals surface area (Å²) in [6.45, 7) is 0.128. The van der Waals surface area contributed by atoms with Gasteiger partial charge >= 0.3 is 31.1 Å². The third-order valence-corrected chi connectivity index (χ3v) is 16.5. The molecule has 0 aliphatic heterocycles. The number of carbonyl (C=O) groups excluding carboxylic acids is 1. The van der Waals surface area contributed by atoms with Gasteiger partial charge < -0.3 is 56.8 Å². The Morgan fingerprint density at radius 1 is 0.573 bits per heavy atom. The molecule has 418 valence electrons. The van der Waals surface area contributed by atoms with Crippen molar-refractivity contribution in [3.63, 3.8) is 0 Å². The van der Waals surface area contributed by atoms with Gasteiger partial charge in [-0.25, -0.2) is 9.59 Å². The van der Waals surface area contributed by atoms with Crippen LogP contribution >= 0.6 is 49.9 Å². The number of carboxylic acids is 3. The second kappa shape index (κ2) is 27.1. The van der Waals surface area contributed by atoms with Crippen LogP contribution in [0.15, 0.2) is 177 Å². The third kappa shape index (κ3) is 13.6. The fourth-order valence-corrected chi connectivity index (χ4v) is 12.2. The van der Waals surface area contributed by atoms with E-state index >= 15 is 0 Å². The Morgan fingerprint density at radius 2 is 1.02 bits per heavy atom. The number of para-hydroxylation sites is 3. The topological polar surface area (TPSA) is 299 Å². The molecule has 6 heterocycles. The number of aromatic amines is 3. The average Bonchev–Trinajstić information content (AvgIpc) is 4.54. The fraction of sp³-hybridized carbons (Fsp3) is 0.133. The van der Waals surface area contributed by atoms with Gasteiger partial charge in [-0.15, -0.1) is 0 Å². The molecule has 0 saturated heterocycles. The molecule has 13 N–H and O–H groups in total. The first-order valence-electron chi connectivity index (χ1n) is 25.5. The van der Waals surface area contributed by atoms with Gasteiger partial charge in [0.2, 0.25) is 0 Å². The van der Waals surface area contributed by atoms with Crippen LogP contribution in [0.3, 0.4) is 0 Å². The standard InChI is InChI=1S/C30H24N2O4S.C15H14N2O2S.C11H11BrN2O2.C4H5BO3S/c33-29(34)27(14-19-15-31-28-20(10-5-11-21(19)28)18-12-13-37-17-18)32-30(35)36-16-26-24-8-3-1-6-22(24)23-7-2-4-9-25(23)26;16-13(15(18)19)6-10-7-17-14-11(2-1-3-12(10)14)9-4-5-20-8-9;12-8-3-1-2-7-6(5-14-10(7)8)4-9(13)11(15)16;6-5(8-7)4-1-2-9-3-4/h1-13,15,17,26-27,31H,14,16H2,(H,32,35)(H,33,34);1-5,7-8,13,17H,6,16H2,(H,18,19);1-3,5,9,14H,4,13H2,(H,15,16);1-3,6-7H. The number of H-pyrrole nitrogens is 3. The lowest BCUT2D eigenvalue weighted by Gasteiger charge is -2.17. The molecular weight excluding hydrogens is 1170 g/mol. The average molecular weight is 1220 g/mol. The van der Waals surface area contributed by atoms with Crippen molar-refractivity contribution in [3.05, 3.63) is 204 Å². The summed E-state index contributed by atoms with van der Waals surface area (Å²) in [5, 5.41) is 61.5. The zero-order valence-corrected chi connectivity index (χ0v) is 47.4. The summed E-state index contributed by atoms with van der Waals surface area (Å²) in [5.41, 5.74) is 26.2. The van der Waals surface area contributed by atoms with Gasteiger partial charge in [-0.2, -0.15) is 34.0 Å². The molecule has 0 radical (unpaired) electrons. The maximum Gasteiger partial charge on any atom is 0.523 e. The molecule has 11 aromatic rings. The number of rotatable bonds is 16. The number of alkyl carbamates (subject to hydrolysis) is 1. The Balaban J connectivity index is 0.000000150. The van der Waals surface area contributed by atoms with Crippen molar-refractivity contribution in [2.45, 2.75) is 43.3 Å². The number of hydrogen-bond donors (Lipinski definition) is 11. The molecule has 1 amide bonds. The number of halogens is 1. The van der Waals surface area contributed by atoms with Gasteiger partial charge in [0.25, 0.3) is 0 Å². The Hall–Kier alpha value is -8.16. The van der Waals surface area contributed by atoms with Crippen LogP contribution in [0.4, 0.5) is 4.79 Å². The second-order valence-corrected chi connectivity index (χ2v) is 22.2. The quantitative estimate of drug-likeness (QED) is 0.0244. The number of carboxylic acid groups (broad SMARTS) is 3. The molecule has 1 aliphatic carbocycles. The van der Waals surface area contributed by atoms with Gasteiger partial charge in [0.05, 0.1) is 16.6 Å². The van der Waals surface area contributed by atoms with E-state index in [9.17, 15) is 24.3 Å². The molecule has 22 heteroatoms. The lowest BCUT2D eigenvalue weighted by atomic mass is 9.83. The number of hydrogen-bond acceptors (Lipinski definition) is 13. The number of nitrogens with two attached hydrogens (primary N) is 2. The largest absolute Gasteiger partial charge is 0.523 e. The van der Waals surface area contributed by atoms with Crippen LogP contribution in [0.1, 0.15) is 33.7 Å². The summed E-state index contributed by atoms with van der Waals surface area (Å²) in [7, 11) is -1.20. The number of carbonyl (C=O) groups is 4. The van der Waals surface area contributed by atoms with E-state index in [1.54, 1.807) is 45.7 Å². The Bertz CT molecular complexity index is 3920. The summed E-state index contributed by atoms with van der Waals surface area (Å²) >= 11 is 8.14. The molecule has 3 unspecified atom stereocenters. The van der Waals surface area contributed by atoms with Gasteiger partial charge in [-0.1, -0.05) is 103 Å². The smallest absolute Gasteiger partial charge is 0.480 e. The third-order valence-electron chi connectivity index (χ3n) is 13.8. The Labute approximate surface area is 490 Å². The highest BCUT2D eigenvalue weighted by Crippen LogP contribution is 2.44. The van der Waals surface area contributed by atoms with E-state index < -0.39 is 49.2 Å².